The van der Waals surface area contributed by atoms with Crippen molar-refractivity contribution in [2.24, 2.45) is 0 Å². The highest BCUT2D eigenvalue weighted by molar-refractivity contribution is 6.33. The standard InChI is InChI=1S/C21H22ClN5O/c1-25-10-12-26(13-11-25)19(28)14-27-15-24-20(17-4-2-3-5-18(17)22)21(27)16-6-8-23-9-7-16/h2-9,15H,10-14H2,1H3. The van der Waals surface area contributed by atoms with E-state index in [1.807, 2.05) is 45.9 Å². The van der Waals surface area contributed by atoms with Gasteiger partial charge >= 0.3 is 0 Å². The molecule has 1 amide bonds. The number of rotatable bonds is 4. The summed E-state index contributed by atoms with van der Waals surface area (Å²) in [7, 11) is 2.08. The second-order valence-electron chi connectivity index (χ2n) is 6.97. The molecular formula is C21H22ClN5O. The second-order valence-corrected chi connectivity index (χ2v) is 7.38. The number of carbonyl (C=O) groups is 1. The zero-order chi connectivity index (χ0) is 19.5. The number of nitrogens with zero attached hydrogens (tertiary/aromatic N) is 5. The summed E-state index contributed by atoms with van der Waals surface area (Å²) in [5.74, 6) is 0.103. The lowest BCUT2D eigenvalue weighted by molar-refractivity contribution is -0.133. The Morgan fingerprint density at radius 1 is 1.07 bits per heavy atom. The molecule has 2 aromatic heterocycles. The van der Waals surface area contributed by atoms with E-state index < -0.39 is 0 Å². The van der Waals surface area contributed by atoms with Crippen molar-refractivity contribution in [3.05, 3.63) is 60.1 Å². The number of benzene rings is 1. The van der Waals surface area contributed by atoms with Crippen LogP contribution < -0.4 is 0 Å². The Labute approximate surface area is 169 Å². The summed E-state index contributed by atoms with van der Waals surface area (Å²) >= 11 is 6.43. The maximum absolute atomic E-state index is 12.9. The van der Waals surface area contributed by atoms with Crippen molar-refractivity contribution in [1.82, 2.24) is 24.3 Å². The Balaban J connectivity index is 1.70. The summed E-state index contributed by atoms with van der Waals surface area (Å²) < 4.78 is 1.91. The van der Waals surface area contributed by atoms with Gasteiger partial charge in [0, 0.05) is 49.7 Å². The summed E-state index contributed by atoms with van der Waals surface area (Å²) in [6, 6.07) is 11.5. The molecule has 0 radical (unpaired) electrons. The molecule has 6 nitrogen and oxygen atoms in total. The Hall–Kier alpha value is -2.70. The lowest BCUT2D eigenvalue weighted by atomic mass is 10.1. The largest absolute Gasteiger partial charge is 0.339 e. The molecule has 1 fully saturated rings. The Kier molecular flexibility index (Phi) is 5.41. The van der Waals surface area contributed by atoms with Gasteiger partial charge in [-0.05, 0) is 25.2 Å². The number of hydrogen-bond donors (Lipinski definition) is 0. The average molecular weight is 396 g/mol. The monoisotopic (exact) mass is 395 g/mol. The van der Waals surface area contributed by atoms with E-state index in [1.54, 1.807) is 18.7 Å². The van der Waals surface area contributed by atoms with Gasteiger partial charge in [-0.15, -0.1) is 0 Å². The normalized spacial score (nSPS) is 15.0. The molecule has 3 aromatic rings. The number of likely N-dealkylation sites (N-methyl/N-ethyl adjacent to an activating group) is 1. The third-order valence-electron chi connectivity index (χ3n) is 5.08. The van der Waals surface area contributed by atoms with Gasteiger partial charge in [-0.1, -0.05) is 29.8 Å². The molecule has 4 rings (SSSR count). The van der Waals surface area contributed by atoms with E-state index in [0.29, 0.717) is 5.02 Å². The molecule has 3 heterocycles. The fourth-order valence-corrected chi connectivity index (χ4v) is 3.69. The molecule has 1 saturated heterocycles. The fourth-order valence-electron chi connectivity index (χ4n) is 3.47. The molecular weight excluding hydrogens is 374 g/mol. The maximum Gasteiger partial charge on any atom is 0.242 e. The number of halogens is 1. The zero-order valence-corrected chi connectivity index (χ0v) is 16.5. The molecule has 0 aliphatic carbocycles. The van der Waals surface area contributed by atoms with Crippen LogP contribution in [0.15, 0.2) is 55.1 Å². The van der Waals surface area contributed by atoms with Crippen LogP contribution in [0.4, 0.5) is 0 Å². The van der Waals surface area contributed by atoms with Crippen molar-refractivity contribution in [1.29, 1.82) is 0 Å². The van der Waals surface area contributed by atoms with Crippen LogP contribution in [0.25, 0.3) is 22.5 Å². The van der Waals surface area contributed by atoms with Gasteiger partial charge < -0.3 is 14.4 Å². The van der Waals surface area contributed by atoms with Crippen LogP contribution in [0.2, 0.25) is 5.02 Å². The molecule has 1 aromatic carbocycles. The summed E-state index contributed by atoms with van der Waals surface area (Å²) in [4.78, 5) is 25.8. The van der Waals surface area contributed by atoms with Crippen LogP contribution in [0, 0.1) is 0 Å². The molecule has 1 aliphatic heterocycles. The number of imidazole rings is 1. The summed E-state index contributed by atoms with van der Waals surface area (Å²) in [5.41, 5.74) is 3.44. The minimum atomic E-state index is 0.103. The Bertz CT molecular complexity index is 964. The molecule has 28 heavy (non-hydrogen) atoms. The second kappa shape index (κ2) is 8.12. The molecule has 7 heteroatoms. The van der Waals surface area contributed by atoms with Crippen molar-refractivity contribution >= 4 is 17.5 Å². The first kappa shape index (κ1) is 18.7. The molecule has 0 bridgehead atoms. The summed E-state index contributed by atoms with van der Waals surface area (Å²) in [6.07, 6.45) is 5.21. The van der Waals surface area contributed by atoms with Gasteiger partial charge in [0.1, 0.15) is 6.54 Å². The van der Waals surface area contributed by atoms with E-state index in [4.69, 9.17) is 11.6 Å². The Morgan fingerprint density at radius 3 is 2.50 bits per heavy atom. The van der Waals surface area contributed by atoms with Crippen molar-refractivity contribution in [3.8, 4) is 22.5 Å². The van der Waals surface area contributed by atoms with Crippen molar-refractivity contribution < 1.29 is 4.79 Å². The van der Waals surface area contributed by atoms with Crippen LogP contribution in [0.5, 0.6) is 0 Å². The van der Waals surface area contributed by atoms with Gasteiger partial charge in [0.25, 0.3) is 0 Å². The van der Waals surface area contributed by atoms with E-state index in [0.717, 1.165) is 48.7 Å². The fraction of sp³-hybridized carbons (Fsp3) is 0.286. The third-order valence-corrected chi connectivity index (χ3v) is 5.41. The van der Waals surface area contributed by atoms with Gasteiger partial charge in [-0.2, -0.15) is 0 Å². The highest BCUT2D eigenvalue weighted by atomic mass is 35.5. The van der Waals surface area contributed by atoms with Crippen LogP contribution >= 0.6 is 11.6 Å². The summed E-state index contributed by atoms with van der Waals surface area (Å²) in [6.45, 7) is 3.56. The lowest BCUT2D eigenvalue weighted by Gasteiger charge is -2.32. The first-order valence-electron chi connectivity index (χ1n) is 9.30. The maximum atomic E-state index is 12.9. The van der Waals surface area contributed by atoms with Gasteiger partial charge in [0.05, 0.1) is 22.7 Å². The molecule has 0 N–H and O–H groups in total. The molecule has 1 aliphatic rings. The minimum absolute atomic E-state index is 0.103. The quantitative estimate of drug-likeness (QED) is 0.681. The third kappa shape index (κ3) is 3.79. The van der Waals surface area contributed by atoms with Crippen molar-refractivity contribution in [2.45, 2.75) is 6.54 Å². The van der Waals surface area contributed by atoms with Crippen LogP contribution in [0.3, 0.4) is 0 Å². The SMILES string of the molecule is CN1CCN(C(=O)Cn2cnc(-c3ccccc3Cl)c2-c2ccncc2)CC1. The van der Waals surface area contributed by atoms with Gasteiger partial charge in [-0.25, -0.2) is 4.98 Å². The van der Waals surface area contributed by atoms with Crippen LogP contribution in [0.1, 0.15) is 0 Å². The average Bonchev–Trinajstić information content (AvgIpc) is 3.12. The zero-order valence-electron chi connectivity index (χ0n) is 15.8. The van der Waals surface area contributed by atoms with Gasteiger partial charge in [0.2, 0.25) is 5.91 Å². The van der Waals surface area contributed by atoms with E-state index in [9.17, 15) is 4.79 Å². The Morgan fingerprint density at radius 2 is 1.79 bits per heavy atom. The lowest BCUT2D eigenvalue weighted by Crippen LogP contribution is -2.48. The first-order valence-corrected chi connectivity index (χ1v) is 9.68. The van der Waals surface area contributed by atoms with Gasteiger partial charge in [-0.3, -0.25) is 9.78 Å². The summed E-state index contributed by atoms with van der Waals surface area (Å²) in [5, 5.41) is 0.633. The number of hydrogen-bond acceptors (Lipinski definition) is 4. The van der Waals surface area contributed by atoms with E-state index >= 15 is 0 Å². The predicted octanol–water partition coefficient (Wildman–Crippen LogP) is 3.04. The molecule has 0 saturated carbocycles. The van der Waals surface area contributed by atoms with E-state index in [2.05, 4.69) is 21.9 Å². The van der Waals surface area contributed by atoms with E-state index in [1.165, 1.54) is 0 Å². The first-order chi connectivity index (χ1) is 13.6. The van der Waals surface area contributed by atoms with Crippen LogP contribution in [-0.4, -0.2) is 63.5 Å². The van der Waals surface area contributed by atoms with E-state index in [-0.39, 0.29) is 12.5 Å². The number of amides is 1. The number of aromatic nitrogens is 3. The molecule has 0 unspecified atom stereocenters. The number of piperazine rings is 1. The van der Waals surface area contributed by atoms with Gasteiger partial charge in [0.15, 0.2) is 0 Å². The highest BCUT2D eigenvalue weighted by Crippen LogP contribution is 2.34. The number of pyridine rings is 1. The topological polar surface area (TPSA) is 54.3 Å². The molecule has 0 spiro atoms. The predicted molar refractivity (Wildman–Crippen MR) is 110 cm³/mol. The molecule has 0 atom stereocenters. The number of carbonyl (C=O) groups excluding carboxylic acids is 1. The van der Waals surface area contributed by atoms with Crippen molar-refractivity contribution in [3.63, 3.8) is 0 Å². The highest BCUT2D eigenvalue weighted by Gasteiger charge is 2.22. The van der Waals surface area contributed by atoms with Crippen molar-refractivity contribution in [2.75, 3.05) is 33.2 Å². The minimum Gasteiger partial charge on any atom is -0.339 e. The van der Waals surface area contributed by atoms with Crippen LogP contribution in [-0.2, 0) is 11.3 Å². The molecule has 144 valence electrons. The smallest absolute Gasteiger partial charge is 0.242 e.